The number of fused-ring (bicyclic) bond motifs is 2. The summed E-state index contributed by atoms with van der Waals surface area (Å²) in [7, 11) is 0. The first-order valence-electron chi connectivity index (χ1n) is 6.75. The van der Waals surface area contributed by atoms with E-state index in [9.17, 15) is 4.79 Å². The third-order valence-electron chi connectivity index (χ3n) is 4.35. The molecule has 18 heavy (non-hydrogen) atoms. The van der Waals surface area contributed by atoms with Gasteiger partial charge in [0.2, 0.25) is 0 Å². The fourth-order valence-electron chi connectivity index (χ4n) is 3.36. The first-order chi connectivity index (χ1) is 8.61. The molecule has 5 nitrogen and oxygen atoms in total. The number of rotatable bonds is 2. The molecule has 0 aromatic carbocycles. The molecule has 1 aromatic heterocycles. The summed E-state index contributed by atoms with van der Waals surface area (Å²) in [5.41, 5.74) is 7.90. The van der Waals surface area contributed by atoms with E-state index in [4.69, 9.17) is 5.73 Å². The molecule has 3 rings (SSSR count). The van der Waals surface area contributed by atoms with Gasteiger partial charge in [-0.15, -0.1) is 0 Å². The van der Waals surface area contributed by atoms with Gasteiger partial charge in [-0.2, -0.15) is 5.10 Å². The molecule has 2 heterocycles. The van der Waals surface area contributed by atoms with Crippen molar-refractivity contribution >= 4 is 11.6 Å². The molecule has 2 N–H and O–H groups in total. The maximum absolute atomic E-state index is 12.6. The van der Waals surface area contributed by atoms with Crippen LogP contribution in [0.1, 0.15) is 42.4 Å². The molecule has 2 bridgehead atoms. The quantitative estimate of drug-likeness (QED) is 0.860. The Labute approximate surface area is 107 Å². The second-order valence-corrected chi connectivity index (χ2v) is 5.45. The Balaban J connectivity index is 1.93. The Bertz CT molecular complexity index is 493. The monoisotopic (exact) mass is 248 g/mol. The number of carbonyl (C=O) groups excluding carboxylic acids is 1. The lowest BCUT2D eigenvalue weighted by Crippen LogP contribution is -2.39. The number of aryl methyl sites for hydroxylation is 2. The topological polar surface area (TPSA) is 64.2 Å². The minimum absolute atomic E-state index is 0.0714. The Morgan fingerprint density at radius 1 is 1.50 bits per heavy atom. The van der Waals surface area contributed by atoms with Crippen LogP contribution in [0.25, 0.3) is 0 Å². The van der Waals surface area contributed by atoms with Crippen molar-refractivity contribution in [2.75, 3.05) is 12.3 Å². The van der Waals surface area contributed by atoms with E-state index in [2.05, 4.69) is 5.10 Å². The van der Waals surface area contributed by atoms with E-state index >= 15 is 0 Å². The normalized spacial score (nSPS) is 26.0. The number of likely N-dealkylation sites (tertiary alicyclic amines) is 1. The van der Waals surface area contributed by atoms with Crippen molar-refractivity contribution < 1.29 is 4.79 Å². The average molecular weight is 248 g/mol. The van der Waals surface area contributed by atoms with Crippen molar-refractivity contribution in [2.45, 2.75) is 45.7 Å². The van der Waals surface area contributed by atoms with Crippen LogP contribution >= 0.6 is 0 Å². The maximum atomic E-state index is 12.6. The fourth-order valence-corrected chi connectivity index (χ4v) is 3.36. The van der Waals surface area contributed by atoms with Crippen LogP contribution in [0.4, 0.5) is 5.69 Å². The molecule has 5 heteroatoms. The summed E-state index contributed by atoms with van der Waals surface area (Å²) in [5.74, 6) is 0.779. The van der Waals surface area contributed by atoms with E-state index in [1.807, 2.05) is 18.7 Å². The predicted octanol–water partition coefficient (Wildman–Crippen LogP) is 1.42. The zero-order valence-corrected chi connectivity index (χ0v) is 11.0. The van der Waals surface area contributed by atoms with Gasteiger partial charge in [-0.3, -0.25) is 9.48 Å². The lowest BCUT2D eigenvalue weighted by atomic mass is 10.1. The highest BCUT2D eigenvalue weighted by Gasteiger charge is 2.41. The van der Waals surface area contributed by atoms with Crippen LogP contribution in [0, 0.1) is 12.8 Å². The zero-order chi connectivity index (χ0) is 12.9. The second-order valence-electron chi connectivity index (χ2n) is 5.45. The molecule has 1 saturated carbocycles. The number of hydrogen-bond donors (Lipinski definition) is 1. The van der Waals surface area contributed by atoms with Crippen LogP contribution in [-0.4, -0.2) is 33.2 Å². The summed E-state index contributed by atoms with van der Waals surface area (Å²) < 4.78 is 1.74. The molecule has 1 aliphatic heterocycles. The third kappa shape index (κ3) is 1.53. The molecule has 0 radical (unpaired) electrons. The van der Waals surface area contributed by atoms with Gasteiger partial charge >= 0.3 is 0 Å². The van der Waals surface area contributed by atoms with Crippen LogP contribution < -0.4 is 5.73 Å². The minimum atomic E-state index is 0.0714. The van der Waals surface area contributed by atoms with E-state index in [1.165, 1.54) is 12.8 Å². The second kappa shape index (κ2) is 4.00. The van der Waals surface area contributed by atoms with Gasteiger partial charge in [0.15, 0.2) is 0 Å². The number of hydrogen-bond acceptors (Lipinski definition) is 3. The van der Waals surface area contributed by atoms with Gasteiger partial charge in [0.05, 0.1) is 11.4 Å². The predicted molar refractivity (Wildman–Crippen MR) is 69.2 cm³/mol. The Morgan fingerprint density at radius 2 is 2.28 bits per heavy atom. The highest BCUT2D eigenvalue weighted by atomic mass is 16.2. The highest BCUT2D eigenvalue weighted by molar-refractivity contribution is 5.98. The summed E-state index contributed by atoms with van der Waals surface area (Å²) in [6.07, 6.45) is 3.59. The summed E-state index contributed by atoms with van der Waals surface area (Å²) in [6, 6.07) is 0.433. The first-order valence-corrected chi connectivity index (χ1v) is 6.75. The van der Waals surface area contributed by atoms with Gasteiger partial charge in [0.25, 0.3) is 5.91 Å². The summed E-state index contributed by atoms with van der Waals surface area (Å²) in [5, 5.41) is 4.33. The van der Waals surface area contributed by atoms with Gasteiger partial charge in [0, 0.05) is 19.1 Å². The zero-order valence-electron chi connectivity index (χ0n) is 11.0. The fraction of sp³-hybridized carbons (Fsp3) is 0.692. The van der Waals surface area contributed by atoms with Crippen molar-refractivity contribution in [3.63, 3.8) is 0 Å². The van der Waals surface area contributed by atoms with Gasteiger partial charge in [-0.25, -0.2) is 0 Å². The molecule has 2 aliphatic rings. The maximum Gasteiger partial charge on any atom is 0.274 e. The summed E-state index contributed by atoms with van der Waals surface area (Å²) in [4.78, 5) is 14.6. The third-order valence-corrected chi connectivity index (χ3v) is 4.35. The molecule has 0 spiro atoms. The van der Waals surface area contributed by atoms with E-state index in [1.54, 1.807) is 4.68 Å². The van der Waals surface area contributed by atoms with Crippen LogP contribution in [0.3, 0.4) is 0 Å². The lowest BCUT2D eigenvalue weighted by molar-refractivity contribution is 0.0692. The largest absolute Gasteiger partial charge is 0.395 e. The number of amides is 1. The molecule has 2 atom stereocenters. The molecular formula is C13H20N4O. The number of carbonyl (C=O) groups is 1. The van der Waals surface area contributed by atoms with Gasteiger partial charge < -0.3 is 10.6 Å². The number of aromatic nitrogens is 2. The number of anilines is 1. The molecule has 1 aliphatic carbocycles. The van der Waals surface area contributed by atoms with Crippen molar-refractivity contribution in [1.82, 2.24) is 14.7 Å². The molecule has 1 amide bonds. The number of piperidine rings is 1. The van der Waals surface area contributed by atoms with Crippen molar-refractivity contribution in [3.05, 3.63) is 11.4 Å². The van der Waals surface area contributed by atoms with Gasteiger partial charge in [-0.05, 0) is 39.0 Å². The average Bonchev–Trinajstić information content (AvgIpc) is 3.04. The van der Waals surface area contributed by atoms with E-state index in [0.717, 1.165) is 18.7 Å². The van der Waals surface area contributed by atoms with Crippen LogP contribution in [0.5, 0.6) is 0 Å². The smallest absolute Gasteiger partial charge is 0.274 e. The Hall–Kier alpha value is -1.52. The molecule has 1 saturated heterocycles. The summed E-state index contributed by atoms with van der Waals surface area (Å²) >= 11 is 0. The van der Waals surface area contributed by atoms with E-state index in [0.29, 0.717) is 29.9 Å². The van der Waals surface area contributed by atoms with Crippen molar-refractivity contribution in [2.24, 2.45) is 5.92 Å². The first kappa shape index (κ1) is 11.6. The highest BCUT2D eigenvalue weighted by Crippen LogP contribution is 2.38. The SMILES string of the molecule is CCn1nc(C)c(N)c1C(=O)N1CC2CCC1C2. The van der Waals surface area contributed by atoms with Crippen LogP contribution in [-0.2, 0) is 6.54 Å². The molecule has 2 unspecified atom stereocenters. The van der Waals surface area contributed by atoms with Crippen molar-refractivity contribution in [1.29, 1.82) is 0 Å². The van der Waals surface area contributed by atoms with Crippen molar-refractivity contribution in [3.8, 4) is 0 Å². The Morgan fingerprint density at radius 3 is 2.83 bits per heavy atom. The van der Waals surface area contributed by atoms with Crippen LogP contribution in [0.15, 0.2) is 0 Å². The standard InChI is InChI=1S/C13H20N4O/c1-3-17-12(11(14)8(2)15-17)13(18)16-7-9-4-5-10(16)6-9/h9-10H,3-7,14H2,1-2H3. The molecule has 98 valence electrons. The van der Waals surface area contributed by atoms with Gasteiger partial charge in [0.1, 0.15) is 5.69 Å². The Kier molecular flexibility index (Phi) is 2.57. The molecule has 1 aromatic rings. The lowest BCUT2D eigenvalue weighted by Gasteiger charge is -2.27. The van der Waals surface area contributed by atoms with E-state index in [-0.39, 0.29) is 5.91 Å². The molecule has 2 fully saturated rings. The molecular weight excluding hydrogens is 228 g/mol. The minimum Gasteiger partial charge on any atom is -0.395 e. The number of nitrogens with two attached hydrogens (primary N) is 1. The van der Waals surface area contributed by atoms with Gasteiger partial charge in [-0.1, -0.05) is 0 Å². The number of nitrogen functional groups attached to an aromatic ring is 1. The number of nitrogens with zero attached hydrogens (tertiary/aromatic N) is 3. The van der Waals surface area contributed by atoms with Crippen LogP contribution in [0.2, 0.25) is 0 Å². The van der Waals surface area contributed by atoms with E-state index < -0.39 is 0 Å². The summed E-state index contributed by atoms with van der Waals surface area (Å²) in [6.45, 7) is 5.42.